The molecule has 334 valence electrons. The minimum atomic E-state index is -4.37. The van der Waals surface area contributed by atoms with Crippen LogP contribution in [0.2, 0.25) is 0 Å². The van der Waals surface area contributed by atoms with E-state index in [1.165, 1.54) is 96.3 Å². The van der Waals surface area contributed by atoms with Crippen LogP contribution in [-0.2, 0) is 32.7 Å². The Bertz CT molecular complexity index is 1070. The van der Waals surface area contributed by atoms with Crippen LogP contribution in [0.25, 0.3) is 0 Å². The second-order valence-electron chi connectivity index (χ2n) is 16.8. The van der Waals surface area contributed by atoms with Gasteiger partial charge in [-0.1, -0.05) is 159 Å². The highest BCUT2D eigenvalue weighted by atomic mass is 31.2. The standard InChI is InChI=1S/C47H88NO8P/c1-6-8-10-12-14-16-18-19-20-21-22-23-24-25-26-27-28-29-30-32-34-36-38-40-47(50)56-45(44-55-57(51,52)54-42-41-48(3,4)5)43-53-46(49)39-37-35-33-31-17-15-13-11-9-7-2/h11,13,18-19,21-22,45H,6-10,12,14-17,20,23-44H2,1-5H3/p+1/b13-11-,19-18-,22-21-. The van der Waals surface area contributed by atoms with E-state index in [2.05, 4.69) is 50.3 Å². The third-order valence-corrected chi connectivity index (χ3v) is 10.9. The molecule has 0 saturated carbocycles. The first-order valence-electron chi connectivity index (χ1n) is 23.2. The van der Waals surface area contributed by atoms with Gasteiger partial charge in [-0.25, -0.2) is 4.57 Å². The second-order valence-corrected chi connectivity index (χ2v) is 18.2. The lowest BCUT2D eigenvalue weighted by Crippen LogP contribution is -2.37. The molecule has 0 amide bonds. The minimum Gasteiger partial charge on any atom is -0.462 e. The molecule has 0 aliphatic heterocycles. The number of nitrogens with zero attached hydrogens (tertiary/aromatic N) is 1. The summed E-state index contributed by atoms with van der Waals surface area (Å²) in [6.07, 6.45) is 44.9. The minimum absolute atomic E-state index is 0.0300. The molecule has 9 nitrogen and oxygen atoms in total. The molecule has 0 bridgehead atoms. The molecule has 0 aliphatic carbocycles. The number of phosphoric acid groups is 1. The van der Waals surface area contributed by atoms with Gasteiger partial charge in [0.1, 0.15) is 19.8 Å². The Hall–Kier alpha value is -1.77. The van der Waals surface area contributed by atoms with E-state index in [-0.39, 0.29) is 32.0 Å². The first-order valence-corrected chi connectivity index (χ1v) is 24.7. The Labute approximate surface area is 351 Å². The third kappa shape index (κ3) is 43.6. The molecule has 0 saturated heterocycles. The molecule has 0 aromatic carbocycles. The Morgan fingerprint density at radius 2 is 0.982 bits per heavy atom. The zero-order valence-corrected chi connectivity index (χ0v) is 38.5. The van der Waals surface area contributed by atoms with Gasteiger partial charge in [0.15, 0.2) is 6.10 Å². The zero-order valence-electron chi connectivity index (χ0n) is 37.6. The summed E-state index contributed by atoms with van der Waals surface area (Å²) in [5, 5.41) is 0. The molecule has 0 spiro atoms. The van der Waals surface area contributed by atoms with Crippen LogP contribution in [0.1, 0.15) is 200 Å². The van der Waals surface area contributed by atoms with Crippen LogP contribution >= 0.6 is 7.82 Å². The summed E-state index contributed by atoms with van der Waals surface area (Å²) in [7, 11) is 1.47. The van der Waals surface area contributed by atoms with Crippen molar-refractivity contribution in [1.82, 2.24) is 0 Å². The van der Waals surface area contributed by atoms with E-state index in [0.717, 1.165) is 70.6 Å². The quantitative estimate of drug-likeness (QED) is 0.0213. The van der Waals surface area contributed by atoms with Gasteiger partial charge in [-0.3, -0.25) is 18.6 Å². The van der Waals surface area contributed by atoms with Gasteiger partial charge in [0.05, 0.1) is 27.7 Å². The third-order valence-electron chi connectivity index (χ3n) is 9.87. The van der Waals surface area contributed by atoms with Gasteiger partial charge in [0.25, 0.3) is 0 Å². The largest absolute Gasteiger partial charge is 0.472 e. The normalized spacial score (nSPS) is 13.9. The second kappa shape index (κ2) is 39.7. The van der Waals surface area contributed by atoms with Crippen molar-refractivity contribution in [1.29, 1.82) is 0 Å². The van der Waals surface area contributed by atoms with E-state index >= 15 is 0 Å². The fourth-order valence-electron chi connectivity index (χ4n) is 6.22. The highest BCUT2D eigenvalue weighted by molar-refractivity contribution is 7.47. The van der Waals surface area contributed by atoms with Crippen molar-refractivity contribution < 1.29 is 42.1 Å². The first-order chi connectivity index (χ1) is 27.5. The van der Waals surface area contributed by atoms with E-state index in [1.807, 2.05) is 21.1 Å². The summed E-state index contributed by atoms with van der Waals surface area (Å²) in [5.74, 6) is -0.811. The maximum absolute atomic E-state index is 12.7. The van der Waals surface area contributed by atoms with Gasteiger partial charge in [0, 0.05) is 12.8 Å². The summed E-state index contributed by atoms with van der Waals surface area (Å²) in [4.78, 5) is 35.3. The molecular formula is C47H89NO8P+. The van der Waals surface area contributed by atoms with Crippen molar-refractivity contribution >= 4 is 19.8 Å². The number of allylic oxidation sites excluding steroid dienone is 6. The molecule has 0 aliphatic rings. The van der Waals surface area contributed by atoms with Crippen molar-refractivity contribution in [3.63, 3.8) is 0 Å². The predicted molar refractivity (Wildman–Crippen MR) is 238 cm³/mol. The number of rotatable bonds is 42. The van der Waals surface area contributed by atoms with Crippen LogP contribution in [0.4, 0.5) is 0 Å². The van der Waals surface area contributed by atoms with E-state index in [4.69, 9.17) is 18.5 Å². The number of likely N-dealkylation sites (N-methyl/N-ethyl adjacent to an activating group) is 1. The molecule has 1 N–H and O–H groups in total. The lowest BCUT2D eigenvalue weighted by atomic mass is 10.0. The molecule has 0 aromatic rings. The smallest absolute Gasteiger partial charge is 0.462 e. The topological polar surface area (TPSA) is 108 Å². The molecule has 10 heteroatoms. The number of ether oxygens (including phenoxy) is 2. The highest BCUT2D eigenvalue weighted by Crippen LogP contribution is 2.43. The molecule has 0 rings (SSSR count). The highest BCUT2D eigenvalue weighted by Gasteiger charge is 2.27. The number of hydrogen-bond acceptors (Lipinski definition) is 7. The summed E-state index contributed by atoms with van der Waals surface area (Å²) < 4.78 is 34.3. The SMILES string of the molecule is CCC/C=C\CCCCCCCC(=O)OCC(COP(=O)(O)OCC[N+](C)(C)C)OC(=O)CCCCCCCCCCCCC/C=C\C/C=C\CCCCCCC. The fraction of sp³-hybridized carbons (Fsp3) is 0.830. The lowest BCUT2D eigenvalue weighted by Gasteiger charge is -2.24. The molecule has 57 heavy (non-hydrogen) atoms. The van der Waals surface area contributed by atoms with Crippen LogP contribution in [0.3, 0.4) is 0 Å². The van der Waals surface area contributed by atoms with Gasteiger partial charge in [0.2, 0.25) is 0 Å². The lowest BCUT2D eigenvalue weighted by molar-refractivity contribution is -0.870. The molecule has 0 heterocycles. The Morgan fingerprint density at radius 3 is 1.47 bits per heavy atom. The monoisotopic (exact) mass is 827 g/mol. The molecule has 0 fully saturated rings. The van der Waals surface area contributed by atoms with Gasteiger partial charge in [-0.15, -0.1) is 0 Å². The molecular weight excluding hydrogens is 737 g/mol. The summed E-state index contributed by atoms with van der Waals surface area (Å²) in [5.41, 5.74) is 0. The van der Waals surface area contributed by atoms with E-state index < -0.39 is 26.5 Å². The number of carbonyl (C=O) groups excluding carboxylic acids is 2. The molecule has 0 radical (unpaired) electrons. The number of quaternary nitrogens is 1. The van der Waals surface area contributed by atoms with E-state index in [9.17, 15) is 19.0 Å². The maximum Gasteiger partial charge on any atom is 0.472 e. The Morgan fingerprint density at radius 1 is 0.544 bits per heavy atom. The van der Waals surface area contributed by atoms with Crippen molar-refractivity contribution in [3.05, 3.63) is 36.5 Å². The van der Waals surface area contributed by atoms with Crippen LogP contribution in [0.5, 0.6) is 0 Å². The number of hydrogen-bond donors (Lipinski definition) is 1. The summed E-state index contributed by atoms with van der Waals surface area (Å²) >= 11 is 0. The van der Waals surface area contributed by atoms with Crippen molar-refractivity contribution in [2.24, 2.45) is 0 Å². The molecule has 2 unspecified atom stereocenters. The number of unbranched alkanes of at least 4 members (excludes halogenated alkanes) is 22. The van der Waals surface area contributed by atoms with E-state index in [0.29, 0.717) is 17.4 Å². The average Bonchev–Trinajstić information content (AvgIpc) is 3.16. The number of esters is 2. The zero-order chi connectivity index (χ0) is 42.1. The Kier molecular flexibility index (Phi) is 38.4. The van der Waals surface area contributed by atoms with Crippen molar-refractivity contribution in [3.8, 4) is 0 Å². The fourth-order valence-corrected chi connectivity index (χ4v) is 6.96. The van der Waals surface area contributed by atoms with Crippen LogP contribution in [0, 0.1) is 0 Å². The number of phosphoric ester groups is 1. The average molecular weight is 827 g/mol. The summed E-state index contributed by atoms with van der Waals surface area (Å²) in [6, 6.07) is 0. The predicted octanol–water partition coefficient (Wildman–Crippen LogP) is 13.3. The van der Waals surface area contributed by atoms with Crippen molar-refractivity contribution in [2.75, 3.05) is 47.5 Å². The van der Waals surface area contributed by atoms with Gasteiger partial charge in [-0.2, -0.15) is 0 Å². The van der Waals surface area contributed by atoms with Crippen LogP contribution < -0.4 is 0 Å². The first kappa shape index (κ1) is 55.2. The maximum atomic E-state index is 12.7. The van der Waals surface area contributed by atoms with E-state index in [1.54, 1.807) is 0 Å². The molecule has 2 atom stereocenters. The van der Waals surface area contributed by atoms with Gasteiger partial charge < -0.3 is 18.9 Å². The van der Waals surface area contributed by atoms with Crippen LogP contribution in [-0.4, -0.2) is 74.9 Å². The van der Waals surface area contributed by atoms with Crippen molar-refractivity contribution in [2.45, 2.75) is 206 Å². The van der Waals surface area contributed by atoms with Gasteiger partial charge >= 0.3 is 19.8 Å². The number of carbonyl (C=O) groups is 2. The van der Waals surface area contributed by atoms with Gasteiger partial charge in [-0.05, 0) is 64.2 Å². The molecule has 0 aromatic heterocycles. The van der Waals surface area contributed by atoms with Crippen LogP contribution in [0.15, 0.2) is 36.5 Å². The summed E-state index contributed by atoms with van der Waals surface area (Å²) in [6.45, 7) is 4.34. The Balaban J connectivity index is 4.22.